The third-order valence-corrected chi connectivity index (χ3v) is 4.97. The van der Waals surface area contributed by atoms with Gasteiger partial charge in [0.25, 0.3) is 0 Å². The Morgan fingerprint density at radius 2 is 2.08 bits per heavy atom. The molecule has 134 valence electrons. The third kappa shape index (κ3) is 4.79. The number of esters is 1. The van der Waals surface area contributed by atoms with Gasteiger partial charge in [-0.05, 0) is 12.2 Å². The zero-order chi connectivity index (χ0) is 18.7. The molecule has 2 atom stereocenters. The Balaban J connectivity index is 2.02. The molecule has 1 aliphatic heterocycles. The maximum atomic E-state index is 12.1. The largest absolute Gasteiger partial charge is 0.496 e. The maximum absolute atomic E-state index is 12.1. The minimum Gasteiger partial charge on any atom is -0.496 e. The molecule has 1 heterocycles. The van der Waals surface area contributed by atoms with Gasteiger partial charge in [0.05, 0.1) is 15.2 Å². The van der Waals surface area contributed by atoms with Crippen LogP contribution in [-0.4, -0.2) is 44.5 Å². The molecule has 25 heavy (non-hydrogen) atoms. The van der Waals surface area contributed by atoms with E-state index in [2.05, 4.69) is 30.7 Å². The number of carbonyl (C=O) groups is 3. The van der Waals surface area contributed by atoms with Crippen molar-refractivity contribution in [3.8, 4) is 0 Å². The van der Waals surface area contributed by atoms with Crippen molar-refractivity contribution in [2.45, 2.75) is 37.7 Å². The number of amides is 1. The molecule has 1 N–H and O–H groups in total. The number of allylic oxidation sites excluding steroid dienone is 4. The highest BCUT2D eigenvalue weighted by atomic mass is 28.3. The lowest BCUT2D eigenvalue weighted by atomic mass is 9.90. The van der Waals surface area contributed by atoms with Crippen LogP contribution in [-0.2, 0) is 23.9 Å². The highest BCUT2D eigenvalue weighted by molar-refractivity contribution is 6.81. The van der Waals surface area contributed by atoms with Crippen LogP contribution in [0.15, 0.2) is 47.9 Å². The zero-order valence-corrected chi connectivity index (χ0v) is 15.9. The summed E-state index contributed by atoms with van der Waals surface area (Å²) < 4.78 is 10.6. The second kappa shape index (κ2) is 7.22. The number of nitrogens with one attached hydrogen (secondary N) is 1. The summed E-state index contributed by atoms with van der Waals surface area (Å²) in [5.74, 6) is -0.902. The standard InChI is InChI=1S/C18H23NO5Si/c1-23-15-11-13(20)8-9-18(15)12-14(17(22)24-18)19-16(21)7-5-6-10-25(2,3)4/h5-11,14H,12H2,1-4H3,(H,19,21)/b7-5+,10-6+/t14-,18-/m0/s1. The minimum absolute atomic E-state index is 0.180. The van der Waals surface area contributed by atoms with Gasteiger partial charge in [-0.1, -0.05) is 37.5 Å². The summed E-state index contributed by atoms with van der Waals surface area (Å²) >= 11 is 0. The fourth-order valence-electron chi connectivity index (χ4n) is 2.58. The minimum atomic E-state index is -1.31. The lowest BCUT2D eigenvalue weighted by Crippen LogP contribution is -2.38. The Morgan fingerprint density at radius 1 is 1.36 bits per heavy atom. The van der Waals surface area contributed by atoms with E-state index < -0.39 is 25.7 Å². The summed E-state index contributed by atoms with van der Waals surface area (Å²) in [4.78, 5) is 35.6. The predicted molar refractivity (Wildman–Crippen MR) is 96.2 cm³/mol. The summed E-state index contributed by atoms with van der Waals surface area (Å²) in [5.41, 5.74) is 0.980. The zero-order valence-electron chi connectivity index (χ0n) is 14.9. The first kappa shape index (κ1) is 18.9. The number of hydrogen-bond acceptors (Lipinski definition) is 5. The summed E-state index contributed by atoms with van der Waals surface area (Å²) in [6.45, 7) is 6.57. The topological polar surface area (TPSA) is 81.7 Å². The third-order valence-electron chi connectivity index (χ3n) is 3.77. The molecule has 2 rings (SSSR count). The van der Waals surface area contributed by atoms with Crippen molar-refractivity contribution in [3.63, 3.8) is 0 Å². The average Bonchev–Trinajstić information content (AvgIpc) is 2.82. The van der Waals surface area contributed by atoms with Crippen LogP contribution in [0.4, 0.5) is 0 Å². The number of ether oxygens (including phenoxy) is 2. The van der Waals surface area contributed by atoms with Crippen molar-refractivity contribution in [1.29, 1.82) is 0 Å². The molecule has 0 radical (unpaired) electrons. The van der Waals surface area contributed by atoms with Crippen LogP contribution in [0.2, 0.25) is 19.6 Å². The van der Waals surface area contributed by atoms with Crippen LogP contribution in [0.3, 0.4) is 0 Å². The molecule has 7 heteroatoms. The molecule has 0 aromatic rings. The molecule has 1 aliphatic carbocycles. The van der Waals surface area contributed by atoms with E-state index in [-0.39, 0.29) is 23.9 Å². The molecule has 1 amide bonds. The quantitative estimate of drug-likeness (QED) is 0.350. The molecule has 1 fully saturated rings. The van der Waals surface area contributed by atoms with Gasteiger partial charge in [0, 0.05) is 18.6 Å². The maximum Gasteiger partial charge on any atom is 0.330 e. The van der Waals surface area contributed by atoms with Gasteiger partial charge < -0.3 is 14.8 Å². The molecular formula is C18H23NO5Si. The van der Waals surface area contributed by atoms with E-state index in [1.54, 1.807) is 6.08 Å². The average molecular weight is 361 g/mol. The number of methoxy groups -OCH3 is 1. The van der Waals surface area contributed by atoms with Crippen LogP contribution in [0.25, 0.3) is 0 Å². The first-order valence-corrected chi connectivity index (χ1v) is 11.6. The molecule has 1 spiro atoms. The summed E-state index contributed by atoms with van der Waals surface area (Å²) in [6, 6.07) is -0.797. The van der Waals surface area contributed by atoms with Gasteiger partial charge in [0.1, 0.15) is 11.8 Å². The second-order valence-electron chi connectivity index (χ2n) is 7.11. The van der Waals surface area contributed by atoms with Gasteiger partial charge in [-0.3, -0.25) is 9.59 Å². The normalized spacial score (nSPS) is 26.4. The first-order valence-electron chi connectivity index (χ1n) is 8.04. The van der Waals surface area contributed by atoms with Crippen molar-refractivity contribution in [2.24, 2.45) is 0 Å². The van der Waals surface area contributed by atoms with E-state index >= 15 is 0 Å². The van der Waals surface area contributed by atoms with Crippen LogP contribution >= 0.6 is 0 Å². The Labute approximate surface area is 148 Å². The van der Waals surface area contributed by atoms with Gasteiger partial charge in [-0.25, -0.2) is 4.79 Å². The highest BCUT2D eigenvalue weighted by Gasteiger charge is 2.50. The molecule has 0 aromatic heterocycles. The van der Waals surface area contributed by atoms with E-state index in [0.717, 1.165) is 0 Å². The molecule has 0 aromatic carbocycles. The summed E-state index contributed by atoms with van der Waals surface area (Å²) in [7, 11) is 0.0969. The fraction of sp³-hybridized carbons (Fsp3) is 0.389. The Morgan fingerprint density at radius 3 is 2.72 bits per heavy atom. The monoisotopic (exact) mass is 361 g/mol. The van der Waals surface area contributed by atoms with Crippen molar-refractivity contribution >= 4 is 25.7 Å². The predicted octanol–water partition coefficient (Wildman–Crippen LogP) is 1.82. The van der Waals surface area contributed by atoms with Crippen LogP contribution < -0.4 is 5.32 Å². The van der Waals surface area contributed by atoms with Crippen molar-refractivity contribution in [1.82, 2.24) is 5.32 Å². The molecule has 1 saturated heterocycles. The second-order valence-corrected chi connectivity index (χ2v) is 12.2. The van der Waals surface area contributed by atoms with E-state index in [1.165, 1.54) is 31.4 Å². The van der Waals surface area contributed by atoms with Crippen LogP contribution in [0.5, 0.6) is 0 Å². The van der Waals surface area contributed by atoms with Gasteiger partial charge in [-0.15, -0.1) is 0 Å². The summed E-state index contributed by atoms with van der Waals surface area (Å²) in [5, 5.41) is 2.63. The highest BCUT2D eigenvalue weighted by Crippen LogP contribution is 2.37. The number of hydrogen-bond donors (Lipinski definition) is 1. The molecule has 0 saturated carbocycles. The van der Waals surface area contributed by atoms with Crippen molar-refractivity contribution in [3.05, 3.63) is 47.9 Å². The van der Waals surface area contributed by atoms with Crippen molar-refractivity contribution in [2.75, 3.05) is 7.11 Å². The van der Waals surface area contributed by atoms with E-state index in [0.29, 0.717) is 0 Å². The van der Waals surface area contributed by atoms with E-state index in [1.807, 2.05) is 6.08 Å². The van der Waals surface area contributed by atoms with E-state index in [4.69, 9.17) is 9.47 Å². The Kier molecular flexibility index (Phi) is 5.47. The number of ketones is 1. The Bertz CT molecular complexity index is 699. The number of rotatable bonds is 5. The van der Waals surface area contributed by atoms with Gasteiger partial charge in [0.2, 0.25) is 5.91 Å². The lowest BCUT2D eigenvalue weighted by Gasteiger charge is -2.27. The number of carbonyl (C=O) groups excluding carboxylic acids is 3. The smallest absolute Gasteiger partial charge is 0.330 e. The van der Waals surface area contributed by atoms with Crippen LogP contribution in [0.1, 0.15) is 6.42 Å². The van der Waals surface area contributed by atoms with E-state index in [9.17, 15) is 14.4 Å². The fourth-order valence-corrected chi connectivity index (χ4v) is 3.27. The molecule has 6 nitrogen and oxygen atoms in total. The SMILES string of the molecule is COC1=CC(=O)C=C[C@]12C[C@H](NC(=O)/C=C/C=C/[Si](C)(C)C)C(=O)O2. The molecule has 0 unspecified atom stereocenters. The Hall–Kier alpha value is -2.41. The van der Waals surface area contributed by atoms with Crippen molar-refractivity contribution < 1.29 is 23.9 Å². The summed E-state index contributed by atoms with van der Waals surface area (Å²) in [6.07, 6.45) is 9.19. The first-order chi connectivity index (χ1) is 11.6. The van der Waals surface area contributed by atoms with Crippen LogP contribution in [0, 0.1) is 0 Å². The van der Waals surface area contributed by atoms with Gasteiger partial charge in [0.15, 0.2) is 11.4 Å². The van der Waals surface area contributed by atoms with Gasteiger partial charge >= 0.3 is 5.97 Å². The molecule has 0 bridgehead atoms. The molecular weight excluding hydrogens is 338 g/mol. The molecule has 2 aliphatic rings. The lowest BCUT2D eigenvalue weighted by molar-refractivity contribution is -0.147. The van der Waals surface area contributed by atoms with Gasteiger partial charge in [-0.2, -0.15) is 0 Å².